The fraction of sp³-hybridized carbons (Fsp3) is 0.200. The standard InChI is InChI=1S/C15H14F2O/c1-10-2-4-11(5-3-10)15(18)9-12-8-13(16)6-7-14(12)17/h2-8,15,18H,9H2,1H3. The number of aliphatic hydroxyl groups excluding tert-OH is 1. The quantitative estimate of drug-likeness (QED) is 0.880. The minimum atomic E-state index is -0.832. The van der Waals surface area contributed by atoms with Crippen molar-refractivity contribution in [3.63, 3.8) is 0 Å². The minimum Gasteiger partial charge on any atom is -0.388 e. The number of aryl methyl sites for hydroxylation is 1. The van der Waals surface area contributed by atoms with Gasteiger partial charge >= 0.3 is 0 Å². The van der Waals surface area contributed by atoms with E-state index in [1.165, 1.54) is 0 Å². The normalized spacial score (nSPS) is 12.4. The molecule has 0 heterocycles. The average molecular weight is 248 g/mol. The summed E-state index contributed by atoms with van der Waals surface area (Å²) < 4.78 is 26.4. The van der Waals surface area contributed by atoms with Gasteiger partial charge in [-0.2, -0.15) is 0 Å². The van der Waals surface area contributed by atoms with E-state index in [0.29, 0.717) is 5.56 Å². The van der Waals surface area contributed by atoms with Crippen LogP contribution < -0.4 is 0 Å². The van der Waals surface area contributed by atoms with E-state index in [1.54, 1.807) is 12.1 Å². The van der Waals surface area contributed by atoms with Gasteiger partial charge in [0.2, 0.25) is 0 Å². The Morgan fingerprint density at radius 1 is 1.06 bits per heavy atom. The van der Waals surface area contributed by atoms with Gasteiger partial charge in [0.15, 0.2) is 0 Å². The van der Waals surface area contributed by atoms with Crippen LogP contribution in [0, 0.1) is 18.6 Å². The first-order valence-electron chi connectivity index (χ1n) is 5.75. The number of hydrogen-bond acceptors (Lipinski definition) is 1. The number of halogens is 2. The molecule has 0 spiro atoms. The molecular weight excluding hydrogens is 234 g/mol. The first-order valence-corrected chi connectivity index (χ1v) is 5.75. The molecule has 94 valence electrons. The Kier molecular flexibility index (Phi) is 3.72. The van der Waals surface area contributed by atoms with Gasteiger partial charge in [-0.3, -0.25) is 0 Å². The summed E-state index contributed by atoms with van der Waals surface area (Å²) in [4.78, 5) is 0. The van der Waals surface area contributed by atoms with Gasteiger partial charge in [0.05, 0.1) is 6.10 Å². The lowest BCUT2D eigenvalue weighted by Crippen LogP contribution is -2.04. The molecule has 0 aromatic heterocycles. The van der Waals surface area contributed by atoms with Gasteiger partial charge < -0.3 is 5.11 Å². The highest BCUT2D eigenvalue weighted by Gasteiger charge is 2.12. The summed E-state index contributed by atoms with van der Waals surface area (Å²) in [5.41, 5.74) is 1.97. The molecule has 1 atom stereocenters. The van der Waals surface area contributed by atoms with Crippen LogP contribution in [-0.4, -0.2) is 5.11 Å². The zero-order valence-corrected chi connectivity index (χ0v) is 10.0. The lowest BCUT2D eigenvalue weighted by molar-refractivity contribution is 0.177. The molecule has 0 saturated carbocycles. The zero-order chi connectivity index (χ0) is 13.1. The summed E-state index contributed by atoms with van der Waals surface area (Å²) in [5.74, 6) is -0.995. The number of aliphatic hydroxyl groups is 1. The van der Waals surface area contributed by atoms with E-state index < -0.39 is 17.7 Å². The fourth-order valence-corrected chi connectivity index (χ4v) is 1.81. The second-order valence-corrected chi connectivity index (χ2v) is 4.37. The van der Waals surface area contributed by atoms with Crippen molar-refractivity contribution in [2.75, 3.05) is 0 Å². The Labute approximate surface area is 105 Å². The van der Waals surface area contributed by atoms with Crippen molar-refractivity contribution < 1.29 is 13.9 Å². The highest BCUT2D eigenvalue weighted by molar-refractivity contribution is 5.26. The zero-order valence-electron chi connectivity index (χ0n) is 10.0. The van der Waals surface area contributed by atoms with Gasteiger partial charge in [0.1, 0.15) is 11.6 Å². The van der Waals surface area contributed by atoms with Gasteiger partial charge in [0, 0.05) is 6.42 Å². The fourth-order valence-electron chi connectivity index (χ4n) is 1.81. The molecule has 0 aliphatic rings. The predicted molar refractivity (Wildman–Crippen MR) is 66.2 cm³/mol. The topological polar surface area (TPSA) is 20.2 Å². The molecule has 0 aliphatic heterocycles. The lowest BCUT2D eigenvalue weighted by Gasteiger charge is -2.12. The third-order valence-electron chi connectivity index (χ3n) is 2.88. The van der Waals surface area contributed by atoms with E-state index in [0.717, 1.165) is 23.8 Å². The van der Waals surface area contributed by atoms with E-state index in [2.05, 4.69) is 0 Å². The average Bonchev–Trinajstić information content (AvgIpc) is 2.34. The highest BCUT2D eigenvalue weighted by Crippen LogP contribution is 2.21. The Balaban J connectivity index is 2.18. The lowest BCUT2D eigenvalue weighted by atomic mass is 10.00. The first-order chi connectivity index (χ1) is 8.56. The molecule has 1 nitrogen and oxygen atoms in total. The molecule has 1 unspecified atom stereocenters. The SMILES string of the molecule is Cc1ccc(C(O)Cc2cc(F)ccc2F)cc1. The van der Waals surface area contributed by atoms with Crippen LogP contribution in [0.1, 0.15) is 22.8 Å². The maximum absolute atomic E-state index is 13.4. The van der Waals surface area contributed by atoms with Crippen LogP contribution in [0.3, 0.4) is 0 Å². The van der Waals surface area contributed by atoms with Gasteiger partial charge in [-0.1, -0.05) is 29.8 Å². The number of rotatable bonds is 3. The maximum atomic E-state index is 13.4. The first kappa shape index (κ1) is 12.7. The van der Waals surface area contributed by atoms with Crippen molar-refractivity contribution in [1.82, 2.24) is 0 Å². The van der Waals surface area contributed by atoms with Crippen LogP contribution in [0.2, 0.25) is 0 Å². The summed E-state index contributed by atoms with van der Waals surface area (Å²) in [5, 5.41) is 9.99. The van der Waals surface area contributed by atoms with Gasteiger partial charge in [-0.15, -0.1) is 0 Å². The minimum absolute atomic E-state index is 0.0622. The molecule has 0 saturated heterocycles. The van der Waals surface area contributed by atoms with Crippen LogP contribution in [0.25, 0.3) is 0 Å². The molecule has 1 N–H and O–H groups in total. The molecule has 2 rings (SSSR count). The Morgan fingerprint density at radius 3 is 2.39 bits per heavy atom. The van der Waals surface area contributed by atoms with Crippen molar-refractivity contribution in [2.24, 2.45) is 0 Å². The third-order valence-corrected chi connectivity index (χ3v) is 2.88. The van der Waals surface area contributed by atoms with E-state index in [1.807, 2.05) is 19.1 Å². The van der Waals surface area contributed by atoms with Gasteiger partial charge in [-0.25, -0.2) is 8.78 Å². The Bertz CT molecular complexity index is 535. The van der Waals surface area contributed by atoms with Crippen molar-refractivity contribution >= 4 is 0 Å². The second-order valence-electron chi connectivity index (χ2n) is 4.37. The molecular formula is C15H14F2O. The summed E-state index contributed by atoms with van der Waals surface area (Å²) in [6.45, 7) is 1.95. The predicted octanol–water partition coefficient (Wildman–Crippen LogP) is 3.55. The van der Waals surface area contributed by atoms with Crippen molar-refractivity contribution in [1.29, 1.82) is 0 Å². The monoisotopic (exact) mass is 248 g/mol. The highest BCUT2D eigenvalue weighted by atomic mass is 19.1. The van der Waals surface area contributed by atoms with Crippen molar-refractivity contribution in [3.05, 3.63) is 70.8 Å². The molecule has 0 amide bonds. The number of hydrogen-bond donors (Lipinski definition) is 1. The molecule has 2 aromatic carbocycles. The van der Waals surface area contributed by atoms with Gasteiger partial charge in [-0.05, 0) is 36.2 Å². The smallest absolute Gasteiger partial charge is 0.126 e. The van der Waals surface area contributed by atoms with Crippen LogP contribution in [0.15, 0.2) is 42.5 Å². The van der Waals surface area contributed by atoms with E-state index in [-0.39, 0.29) is 12.0 Å². The Morgan fingerprint density at radius 2 is 1.72 bits per heavy atom. The summed E-state index contributed by atoms with van der Waals surface area (Å²) in [6, 6.07) is 10.6. The molecule has 0 aliphatic carbocycles. The number of benzene rings is 2. The van der Waals surface area contributed by atoms with E-state index >= 15 is 0 Å². The molecule has 2 aromatic rings. The van der Waals surface area contributed by atoms with Gasteiger partial charge in [0.25, 0.3) is 0 Å². The Hall–Kier alpha value is -1.74. The summed E-state index contributed by atoms with van der Waals surface area (Å²) >= 11 is 0. The maximum Gasteiger partial charge on any atom is 0.126 e. The van der Waals surface area contributed by atoms with E-state index in [4.69, 9.17) is 0 Å². The molecule has 0 radical (unpaired) electrons. The van der Waals surface area contributed by atoms with Crippen LogP contribution in [0.4, 0.5) is 8.78 Å². The second kappa shape index (κ2) is 5.27. The summed E-state index contributed by atoms with van der Waals surface area (Å²) in [6.07, 6.45) is -0.769. The molecule has 3 heteroatoms. The van der Waals surface area contributed by atoms with Crippen molar-refractivity contribution in [3.8, 4) is 0 Å². The van der Waals surface area contributed by atoms with Crippen molar-refractivity contribution in [2.45, 2.75) is 19.4 Å². The molecule has 18 heavy (non-hydrogen) atoms. The molecule has 0 fully saturated rings. The summed E-state index contributed by atoms with van der Waals surface area (Å²) in [7, 11) is 0. The van der Waals surface area contributed by atoms with Crippen LogP contribution in [0.5, 0.6) is 0 Å². The largest absolute Gasteiger partial charge is 0.388 e. The molecule has 0 bridgehead atoms. The third kappa shape index (κ3) is 2.93. The van der Waals surface area contributed by atoms with Crippen LogP contribution >= 0.6 is 0 Å². The van der Waals surface area contributed by atoms with E-state index in [9.17, 15) is 13.9 Å². The van der Waals surface area contributed by atoms with Crippen LogP contribution in [-0.2, 0) is 6.42 Å².